The fourth-order valence-electron chi connectivity index (χ4n) is 2.71. The van der Waals surface area contributed by atoms with Gasteiger partial charge in [-0.1, -0.05) is 54.5 Å². The Morgan fingerprint density at radius 3 is 2.91 bits per heavy atom. The van der Waals surface area contributed by atoms with Gasteiger partial charge in [-0.3, -0.25) is 0 Å². The summed E-state index contributed by atoms with van der Waals surface area (Å²) in [5, 5.41) is 22.7. The van der Waals surface area contributed by atoms with E-state index in [2.05, 4.69) is 15.5 Å². The minimum absolute atomic E-state index is 0.332. The third kappa shape index (κ3) is 4.89. The Bertz CT molecular complexity index is 631. The van der Waals surface area contributed by atoms with Crippen LogP contribution in [-0.4, -0.2) is 27.1 Å². The van der Waals surface area contributed by atoms with Crippen LogP contribution in [0, 0.1) is 5.82 Å². The van der Waals surface area contributed by atoms with E-state index < -0.39 is 6.10 Å². The van der Waals surface area contributed by atoms with Crippen molar-refractivity contribution in [3.05, 3.63) is 35.6 Å². The van der Waals surface area contributed by atoms with E-state index in [1.165, 1.54) is 67.3 Å². The second kappa shape index (κ2) is 8.08. The molecule has 1 aromatic heterocycles. The Morgan fingerprint density at radius 2 is 2.13 bits per heavy atom. The molecule has 1 unspecified atom stereocenters. The fourth-order valence-corrected chi connectivity index (χ4v) is 4.53. The van der Waals surface area contributed by atoms with Crippen molar-refractivity contribution in [1.29, 1.82) is 0 Å². The maximum absolute atomic E-state index is 13.2. The van der Waals surface area contributed by atoms with E-state index in [1.807, 2.05) is 0 Å². The summed E-state index contributed by atoms with van der Waals surface area (Å²) in [6.45, 7) is 0. The zero-order valence-corrected chi connectivity index (χ0v) is 14.4. The lowest BCUT2D eigenvalue weighted by molar-refractivity contribution is 0.203. The van der Waals surface area contributed by atoms with Gasteiger partial charge in [0.25, 0.3) is 0 Å². The van der Waals surface area contributed by atoms with Gasteiger partial charge in [-0.15, -0.1) is 10.2 Å². The maximum atomic E-state index is 13.2. The second-order valence-electron chi connectivity index (χ2n) is 5.73. The molecule has 23 heavy (non-hydrogen) atoms. The number of nitrogens with one attached hydrogen (secondary N) is 1. The highest BCUT2D eigenvalue weighted by molar-refractivity contribution is 8.01. The zero-order valence-electron chi connectivity index (χ0n) is 12.7. The summed E-state index contributed by atoms with van der Waals surface area (Å²) in [5.74, 6) is 0.100. The number of benzene rings is 1. The minimum Gasteiger partial charge on any atom is -0.388 e. The van der Waals surface area contributed by atoms with Gasteiger partial charge in [-0.2, -0.15) is 0 Å². The third-order valence-corrected chi connectivity index (χ3v) is 6.00. The van der Waals surface area contributed by atoms with Gasteiger partial charge < -0.3 is 10.4 Å². The van der Waals surface area contributed by atoms with Crippen molar-refractivity contribution in [3.8, 4) is 0 Å². The number of hydrogen-bond donors (Lipinski definition) is 2. The molecule has 2 N–H and O–H groups in total. The number of aromatic nitrogens is 2. The molecule has 1 aliphatic carbocycles. The first-order chi connectivity index (χ1) is 11.2. The van der Waals surface area contributed by atoms with Gasteiger partial charge in [-0.25, -0.2) is 4.39 Å². The Morgan fingerprint density at radius 1 is 1.30 bits per heavy atom. The Kier molecular flexibility index (Phi) is 5.85. The quantitative estimate of drug-likeness (QED) is 0.761. The van der Waals surface area contributed by atoms with E-state index in [9.17, 15) is 9.50 Å². The third-order valence-electron chi connectivity index (χ3n) is 3.94. The first-order valence-corrected chi connectivity index (χ1v) is 9.67. The normalized spacial score (nSPS) is 17.1. The number of thioether (sulfide) groups is 1. The highest BCUT2D eigenvalue weighted by atomic mass is 32.2. The first kappa shape index (κ1) is 16.7. The second-order valence-corrected chi connectivity index (χ2v) is 7.98. The molecule has 124 valence electrons. The smallest absolute Gasteiger partial charge is 0.206 e. The first-order valence-electron chi connectivity index (χ1n) is 7.87. The predicted octanol–water partition coefficient (Wildman–Crippen LogP) is 4.25. The van der Waals surface area contributed by atoms with Crippen LogP contribution in [0.2, 0.25) is 0 Å². The molecular formula is C16H20FN3OS2. The Labute approximate surface area is 143 Å². The molecule has 0 saturated heterocycles. The van der Waals surface area contributed by atoms with Crippen molar-refractivity contribution in [1.82, 2.24) is 10.2 Å². The van der Waals surface area contributed by atoms with E-state index in [0.29, 0.717) is 17.4 Å². The van der Waals surface area contributed by atoms with Crippen LogP contribution in [0.3, 0.4) is 0 Å². The fraction of sp³-hybridized carbons (Fsp3) is 0.500. The Hall–Kier alpha value is -1.18. The molecule has 0 aliphatic heterocycles. The summed E-state index contributed by atoms with van der Waals surface area (Å²) in [6, 6.07) is 6.58. The molecule has 7 heteroatoms. The number of nitrogens with zero attached hydrogens (tertiary/aromatic N) is 2. The van der Waals surface area contributed by atoms with Crippen LogP contribution in [0.15, 0.2) is 28.6 Å². The number of rotatable bonds is 6. The van der Waals surface area contributed by atoms with Crippen LogP contribution in [0.1, 0.15) is 43.8 Å². The van der Waals surface area contributed by atoms with Crippen LogP contribution in [0.4, 0.5) is 9.52 Å². The molecule has 1 heterocycles. The summed E-state index contributed by atoms with van der Waals surface area (Å²) in [5.41, 5.74) is 0.586. The molecule has 1 fully saturated rings. The largest absolute Gasteiger partial charge is 0.388 e. The summed E-state index contributed by atoms with van der Waals surface area (Å²) in [4.78, 5) is 0. The van der Waals surface area contributed by atoms with Gasteiger partial charge in [0.15, 0.2) is 4.34 Å². The molecule has 2 aromatic rings. The lowest BCUT2D eigenvalue weighted by atomic mass is 9.96. The number of halogens is 1. The standard InChI is InChI=1S/C16H20FN3OS2/c17-12-6-4-5-11(9-12)14(21)10-22-16-20-19-15(23-16)18-13-7-2-1-3-8-13/h4-6,9,13-14,21H,1-3,7-8,10H2,(H,18,19). The molecular weight excluding hydrogens is 333 g/mol. The predicted molar refractivity (Wildman–Crippen MR) is 92.5 cm³/mol. The van der Waals surface area contributed by atoms with Crippen LogP contribution in [-0.2, 0) is 0 Å². The SMILES string of the molecule is OC(CSc1nnc(NC2CCCCC2)s1)c1cccc(F)c1. The van der Waals surface area contributed by atoms with Crippen molar-refractivity contribution < 1.29 is 9.50 Å². The van der Waals surface area contributed by atoms with Gasteiger partial charge in [0.2, 0.25) is 5.13 Å². The number of hydrogen-bond acceptors (Lipinski definition) is 6. The van der Waals surface area contributed by atoms with Crippen molar-refractivity contribution in [2.75, 3.05) is 11.1 Å². The molecule has 0 radical (unpaired) electrons. The Balaban J connectivity index is 1.50. The summed E-state index contributed by atoms with van der Waals surface area (Å²) >= 11 is 2.96. The zero-order chi connectivity index (χ0) is 16.1. The number of aliphatic hydroxyl groups is 1. The topological polar surface area (TPSA) is 58.0 Å². The van der Waals surface area contributed by atoms with Crippen LogP contribution >= 0.6 is 23.1 Å². The molecule has 1 aromatic carbocycles. The molecule has 4 nitrogen and oxygen atoms in total. The van der Waals surface area contributed by atoms with Gasteiger partial charge in [0.1, 0.15) is 5.82 Å². The molecule has 1 atom stereocenters. The summed E-state index contributed by atoms with van der Waals surface area (Å²) < 4.78 is 14.0. The minimum atomic E-state index is -0.714. The summed E-state index contributed by atoms with van der Waals surface area (Å²) in [6.07, 6.45) is 5.55. The van der Waals surface area contributed by atoms with Gasteiger partial charge in [0, 0.05) is 11.8 Å². The van der Waals surface area contributed by atoms with Crippen molar-refractivity contribution in [2.45, 2.75) is 48.6 Å². The maximum Gasteiger partial charge on any atom is 0.206 e. The van der Waals surface area contributed by atoms with Crippen LogP contribution in [0.25, 0.3) is 0 Å². The van der Waals surface area contributed by atoms with E-state index in [1.54, 1.807) is 12.1 Å². The van der Waals surface area contributed by atoms with Crippen molar-refractivity contribution in [2.24, 2.45) is 0 Å². The molecule has 3 rings (SSSR count). The average Bonchev–Trinajstić information content (AvgIpc) is 3.01. The van der Waals surface area contributed by atoms with E-state index in [0.717, 1.165) is 9.47 Å². The molecule has 1 saturated carbocycles. The van der Waals surface area contributed by atoms with Gasteiger partial charge in [0.05, 0.1) is 6.10 Å². The number of anilines is 1. The van der Waals surface area contributed by atoms with E-state index in [-0.39, 0.29) is 5.82 Å². The van der Waals surface area contributed by atoms with Gasteiger partial charge >= 0.3 is 0 Å². The molecule has 1 aliphatic rings. The van der Waals surface area contributed by atoms with Crippen molar-refractivity contribution >= 4 is 28.2 Å². The molecule has 0 amide bonds. The lowest BCUT2D eigenvalue weighted by Crippen LogP contribution is -2.21. The lowest BCUT2D eigenvalue weighted by Gasteiger charge is -2.21. The van der Waals surface area contributed by atoms with Crippen LogP contribution < -0.4 is 5.32 Å². The highest BCUT2D eigenvalue weighted by Gasteiger charge is 2.16. The monoisotopic (exact) mass is 353 g/mol. The molecule has 0 spiro atoms. The van der Waals surface area contributed by atoms with E-state index >= 15 is 0 Å². The van der Waals surface area contributed by atoms with E-state index in [4.69, 9.17) is 0 Å². The van der Waals surface area contributed by atoms with Crippen molar-refractivity contribution in [3.63, 3.8) is 0 Å². The van der Waals surface area contributed by atoms with Gasteiger partial charge in [-0.05, 0) is 30.5 Å². The average molecular weight is 353 g/mol. The highest BCUT2D eigenvalue weighted by Crippen LogP contribution is 2.30. The van der Waals surface area contributed by atoms with Crippen LogP contribution in [0.5, 0.6) is 0 Å². The molecule has 0 bridgehead atoms. The summed E-state index contributed by atoms with van der Waals surface area (Å²) in [7, 11) is 0. The number of aliphatic hydroxyl groups excluding tert-OH is 1.